The molecule has 0 N–H and O–H groups in total. The number of hydrogen-bond acceptors (Lipinski definition) is 6. The van der Waals surface area contributed by atoms with Gasteiger partial charge in [0.1, 0.15) is 15.8 Å². The van der Waals surface area contributed by atoms with Crippen molar-refractivity contribution in [2.45, 2.75) is 45.6 Å². The van der Waals surface area contributed by atoms with E-state index in [0.717, 1.165) is 38.8 Å². The minimum Gasteiger partial charge on any atom is -0.356 e. The maximum absolute atomic E-state index is 13.6. The van der Waals surface area contributed by atoms with Crippen molar-refractivity contribution in [1.82, 2.24) is 14.3 Å². The van der Waals surface area contributed by atoms with Gasteiger partial charge in [-0.25, -0.2) is 4.98 Å². The number of anilines is 1. The Morgan fingerprint density at radius 3 is 2.56 bits per heavy atom. The Bertz CT molecular complexity index is 1380. The van der Waals surface area contributed by atoms with Crippen molar-refractivity contribution >= 4 is 51.7 Å². The molecule has 6 nitrogen and oxygen atoms in total. The quantitative estimate of drug-likeness (QED) is 0.332. The molecule has 4 heterocycles. The number of fused-ring (bicyclic) bond motifs is 1. The van der Waals surface area contributed by atoms with Crippen LogP contribution in [0.5, 0.6) is 0 Å². The highest BCUT2D eigenvalue weighted by atomic mass is 32.2. The zero-order chi connectivity index (χ0) is 25.2. The predicted octanol–water partition coefficient (Wildman–Crippen LogP) is 5.15. The second-order valence-corrected chi connectivity index (χ2v) is 11.2. The highest BCUT2D eigenvalue weighted by Crippen LogP contribution is 2.35. The first kappa shape index (κ1) is 24.7. The van der Waals surface area contributed by atoms with E-state index in [2.05, 4.69) is 29.2 Å². The monoisotopic (exact) mass is 518 g/mol. The van der Waals surface area contributed by atoms with Gasteiger partial charge < -0.3 is 4.90 Å². The molecule has 36 heavy (non-hydrogen) atoms. The van der Waals surface area contributed by atoms with Crippen molar-refractivity contribution in [2.75, 3.05) is 18.0 Å². The van der Waals surface area contributed by atoms with Crippen LogP contribution in [-0.4, -0.2) is 43.6 Å². The van der Waals surface area contributed by atoms with Gasteiger partial charge in [0.25, 0.3) is 11.5 Å². The molecular weight excluding hydrogens is 488 g/mol. The van der Waals surface area contributed by atoms with E-state index >= 15 is 0 Å². The molecule has 0 spiro atoms. The molecule has 0 saturated carbocycles. The SMILES string of the molecule is CC[C@H](C)N1C(=O)/C(=C\c2c(N3CCC(Cc4ccccc4)CC3)nc3ccccn3c2=O)SC1=S. The van der Waals surface area contributed by atoms with Gasteiger partial charge in [-0.1, -0.05) is 67.3 Å². The molecule has 8 heteroatoms. The van der Waals surface area contributed by atoms with Gasteiger partial charge >= 0.3 is 0 Å². The molecule has 3 aromatic rings. The number of thioether (sulfide) groups is 1. The van der Waals surface area contributed by atoms with Crippen molar-refractivity contribution in [3.05, 3.63) is 81.1 Å². The average Bonchev–Trinajstić information content (AvgIpc) is 3.18. The van der Waals surface area contributed by atoms with E-state index in [1.54, 1.807) is 21.6 Å². The number of thiocarbonyl (C=S) groups is 1. The fourth-order valence-electron chi connectivity index (χ4n) is 4.93. The summed E-state index contributed by atoms with van der Waals surface area (Å²) in [6.45, 7) is 5.67. The Morgan fingerprint density at radius 1 is 1.11 bits per heavy atom. The minimum absolute atomic E-state index is 0.0161. The lowest BCUT2D eigenvalue weighted by Gasteiger charge is -2.33. The van der Waals surface area contributed by atoms with E-state index in [9.17, 15) is 9.59 Å². The van der Waals surface area contributed by atoms with Crippen LogP contribution in [0.15, 0.2) is 64.4 Å². The Morgan fingerprint density at radius 2 is 1.83 bits per heavy atom. The first-order valence-corrected chi connectivity index (χ1v) is 13.8. The molecule has 2 fully saturated rings. The number of carbonyl (C=O) groups is 1. The van der Waals surface area contributed by atoms with Gasteiger partial charge in [0.15, 0.2) is 0 Å². The summed E-state index contributed by atoms with van der Waals surface area (Å²) in [6, 6.07) is 16.2. The van der Waals surface area contributed by atoms with Crippen LogP contribution < -0.4 is 10.5 Å². The van der Waals surface area contributed by atoms with E-state index in [0.29, 0.717) is 32.2 Å². The van der Waals surface area contributed by atoms with Gasteiger partial charge in [0.2, 0.25) is 0 Å². The van der Waals surface area contributed by atoms with Crippen molar-refractivity contribution in [2.24, 2.45) is 5.92 Å². The molecule has 1 amide bonds. The molecule has 2 aromatic heterocycles. The third-order valence-corrected chi connectivity index (χ3v) is 8.49. The number of amides is 1. The molecule has 5 rings (SSSR count). The first-order chi connectivity index (χ1) is 17.5. The number of aromatic nitrogens is 2. The van der Waals surface area contributed by atoms with Gasteiger partial charge in [-0.15, -0.1) is 0 Å². The second-order valence-electron chi connectivity index (χ2n) is 9.51. The van der Waals surface area contributed by atoms with E-state index < -0.39 is 0 Å². The molecule has 0 bridgehead atoms. The minimum atomic E-state index is -0.171. The molecule has 0 aliphatic carbocycles. The fraction of sp³-hybridized carbons (Fsp3) is 0.357. The van der Waals surface area contributed by atoms with Gasteiger partial charge in [0.05, 0.1) is 10.5 Å². The fourth-order valence-corrected chi connectivity index (χ4v) is 6.37. The Hall–Kier alpha value is -2.97. The number of rotatable bonds is 6. The summed E-state index contributed by atoms with van der Waals surface area (Å²) in [5.41, 5.74) is 2.25. The average molecular weight is 519 g/mol. The maximum Gasteiger partial charge on any atom is 0.267 e. The summed E-state index contributed by atoms with van der Waals surface area (Å²) >= 11 is 6.77. The van der Waals surface area contributed by atoms with Gasteiger partial charge in [0, 0.05) is 25.3 Å². The van der Waals surface area contributed by atoms with E-state index in [-0.39, 0.29) is 17.5 Å². The molecule has 2 aliphatic heterocycles. The highest BCUT2D eigenvalue weighted by Gasteiger charge is 2.35. The largest absolute Gasteiger partial charge is 0.356 e. The van der Waals surface area contributed by atoms with Crippen molar-refractivity contribution in [3.63, 3.8) is 0 Å². The van der Waals surface area contributed by atoms with Crippen LogP contribution in [0.3, 0.4) is 0 Å². The lowest BCUT2D eigenvalue weighted by molar-refractivity contribution is -0.123. The van der Waals surface area contributed by atoms with Crippen LogP contribution in [0.1, 0.15) is 44.2 Å². The normalized spacial score (nSPS) is 19.0. The molecule has 1 atom stereocenters. The zero-order valence-electron chi connectivity index (χ0n) is 20.6. The smallest absolute Gasteiger partial charge is 0.267 e. The third-order valence-electron chi connectivity index (χ3n) is 7.16. The lowest BCUT2D eigenvalue weighted by Crippen LogP contribution is -2.37. The van der Waals surface area contributed by atoms with Crippen LogP contribution in [-0.2, 0) is 11.2 Å². The number of benzene rings is 1. The Kier molecular flexibility index (Phi) is 7.25. The van der Waals surface area contributed by atoms with Crippen molar-refractivity contribution < 1.29 is 4.79 Å². The third kappa shape index (κ3) is 4.84. The summed E-state index contributed by atoms with van der Waals surface area (Å²) in [7, 11) is 0. The molecule has 2 aliphatic rings. The Balaban J connectivity index is 1.47. The van der Waals surface area contributed by atoms with E-state index in [4.69, 9.17) is 17.2 Å². The summed E-state index contributed by atoms with van der Waals surface area (Å²) in [5, 5.41) is 0. The van der Waals surface area contributed by atoms with Crippen LogP contribution in [0.2, 0.25) is 0 Å². The Labute approximate surface area is 221 Å². The number of pyridine rings is 1. The topological polar surface area (TPSA) is 57.9 Å². The molecule has 2 saturated heterocycles. The number of nitrogens with zero attached hydrogens (tertiary/aromatic N) is 4. The zero-order valence-corrected chi connectivity index (χ0v) is 22.2. The standard InChI is InChI=1S/C28H30N4O2S2/c1-3-19(2)32-27(34)23(36-28(32)35)18-22-25(29-24-11-7-8-14-31(24)26(22)33)30-15-12-21(13-16-30)17-20-9-5-4-6-10-20/h4-11,14,18-19,21H,3,12-13,15-17H2,1-2H3/b23-18+/t19-/m0/s1. The molecule has 0 unspecified atom stereocenters. The van der Waals surface area contributed by atoms with E-state index in [1.807, 2.05) is 38.1 Å². The lowest BCUT2D eigenvalue weighted by atomic mass is 9.90. The van der Waals surface area contributed by atoms with Crippen LogP contribution in [0.4, 0.5) is 5.82 Å². The molecule has 186 valence electrons. The maximum atomic E-state index is 13.6. The second kappa shape index (κ2) is 10.6. The number of hydrogen-bond donors (Lipinski definition) is 0. The summed E-state index contributed by atoms with van der Waals surface area (Å²) in [4.78, 5) is 36.1. The number of carbonyl (C=O) groups excluding carboxylic acids is 1. The van der Waals surface area contributed by atoms with Gasteiger partial charge in [-0.05, 0) is 62.3 Å². The molecule has 0 radical (unpaired) electrons. The van der Waals surface area contributed by atoms with Crippen molar-refractivity contribution in [1.29, 1.82) is 0 Å². The van der Waals surface area contributed by atoms with Crippen LogP contribution in [0, 0.1) is 5.92 Å². The summed E-state index contributed by atoms with van der Waals surface area (Å²) < 4.78 is 2.09. The molecule has 1 aromatic carbocycles. The van der Waals surface area contributed by atoms with Crippen LogP contribution >= 0.6 is 24.0 Å². The number of piperidine rings is 1. The van der Waals surface area contributed by atoms with Gasteiger partial charge in [-0.2, -0.15) is 0 Å². The highest BCUT2D eigenvalue weighted by molar-refractivity contribution is 8.26. The van der Waals surface area contributed by atoms with E-state index in [1.165, 1.54) is 17.3 Å². The predicted molar refractivity (Wildman–Crippen MR) is 151 cm³/mol. The summed E-state index contributed by atoms with van der Waals surface area (Å²) in [5.74, 6) is 1.11. The first-order valence-electron chi connectivity index (χ1n) is 12.5. The molecular formula is C28H30N4O2S2. The van der Waals surface area contributed by atoms with Crippen LogP contribution in [0.25, 0.3) is 11.7 Å². The van der Waals surface area contributed by atoms with Crippen molar-refractivity contribution in [3.8, 4) is 0 Å². The summed E-state index contributed by atoms with van der Waals surface area (Å²) in [6.07, 6.45) is 7.36. The van der Waals surface area contributed by atoms with Gasteiger partial charge in [-0.3, -0.25) is 18.9 Å².